The van der Waals surface area contributed by atoms with Crippen LogP contribution in [-0.4, -0.2) is 26.3 Å². The first kappa shape index (κ1) is 15.1. The molecule has 0 fully saturated rings. The number of hydrogen-bond acceptors (Lipinski definition) is 4. The summed E-state index contributed by atoms with van der Waals surface area (Å²) in [7, 11) is 0. The summed E-state index contributed by atoms with van der Waals surface area (Å²) < 4.78 is 2.84. The highest BCUT2D eigenvalue weighted by Crippen LogP contribution is 2.21. The largest absolute Gasteiger partial charge is 0.325 e. The van der Waals surface area contributed by atoms with E-state index >= 15 is 0 Å². The topological polar surface area (TPSA) is 59.3 Å². The van der Waals surface area contributed by atoms with Crippen molar-refractivity contribution in [2.75, 3.05) is 11.1 Å². The molecule has 5 nitrogen and oxygen atoms in total. The van der Waals surface area contributed by atoms with Crippen LogP contribution in [0, 0.1) is 6.92 Å². The van der Waals surface area contributed by atoms with E-state index in [1.807, 2.05) is 53.9 Å². The van der Waals surface area contributed by atoms with Crippen molar-refractivity contribution in [3.63, 3.8) is 0 Å². The first-order chi connectivity index (χ1) is 10.6. The summed E-state index contributed by atoms with van der Waals surface area (Å²) in [5, 5.41) is 11.7. The Morgan fingerprint density at radius 2 is 2.18 bits per heavy atom. The highest BCUT2D eigenvalue weighted by Gasteiger charge is 2.09. The molecule has 0 bridgehead atoms. The van der Waals surface area contributed by atoms with Crippen molar-refractivity contribution < 1.29 is 4.79 Å². The van der Waals surface area contributed by atoms with E-state index in [2.05, 4.69) is 31.4 Å². The lowest BCUT2D eigenvalue weighted by Gasteiger charge is -2.06. The van der Waals surface area contributed by atoms with E-state index in [4.69, 9.17) is 0 Å². The summed E-state index contributed by atoms with van der Waals surface area (Å²) in [6.45, 7) is 2.00. The zero-order chi connectivity index (χ0) is 15.5. The molecule has 3 aromatic rings. The van der Waals surface area contributed by atoms with Gasteiger partial charge in [0.05, 0.1) is 5.75 Å². The lowest BCUT2D eigenvalue weighted by atomic mass is 10.2. The van der Waals surface area contributed by atoms with Crippen LogP contribution >= 0.6 is 27.7 Å². The van der Waals surface area contributed by atoms with Gasteiger partial charge in [-0.15, -0.1) is 10.2 Å². The van der Waals surface area contributed by atoms with E-state index in [-0.39, 0.29) is 11.7 Å². The molecule has 2 aromatic heterocycles. The first-order valence-corrected chi connectivity index (χ1v) is 8.40. The second-order valence-electron chi connectivity index (χ2n) is 4.71. The molecule has 7 heteroatoms. The van der Waals surface area contributed by atoms with E-state index in [9.17, 15) is 4.79 Å². The smallest absolute Gasteiger partial charge is 0.234 e. The van der Waals surface area contributed by atoms with Crippen molar-refractivity contribution in [2.24, 2.45) is 0 Å². The van der Waals surface area contributed by atoms with Crippen LogP contribution in [0.5, 0.6) is 0 Å². The van der Waals surface area contributed by atoms with Crippen LogP contribution in [0.3, 0.4) is 0 Å². The Morgan fingerprint density at radius 3 is 3.00 bits per heavy atom. The molecular formula is C15H13BrN4OS. The molecular weight excluding hydrogens is 364 g/mol. The molecule has 0 aliphatic carbocycles. The van der Waals surface area contributed by atoms with Crippen molar-refractivity contribution in [3.8, 4) is 0 Å². The normalized spacial score (nSPS) is 10.8. The van der Waals surface area contributed by atoms with Crippen LogP contribution < -0.4 is 5.32 Å². The van der Waals surface area contributed by atoms with Crippen LogP contribution in [0.15, 0.2) is 52.2 Å². The van der Waals surface area contributed by atoms with Crippen molar-refractivity contribution in [1.82, 2.24) is 14.6 Å². The molecule has 0 aliphatic rings. The number of fused-ring (bicyclic) bond motifs is 1. The van der Waals surface area contributed by atoms with Gasteiger partial charge in [0, 0.05) is 16.4 Å². The number of anilines is 1. The third-order valence-corrected chi connectivity index (χ3v) is 4.87. The van der Waals surface area contributed by atoms with E-state index in [1.165, 1.54) is 11.8 Å². The van der Waals surface area contributed by atoms with Gasteiger partial charge in [-0.3, -0.25) is 9.20 Å². The number of rotatable bonds is 4. The molecule has 1 aromatic carbocycles. The molecule has 0 aliphatic heterocycles. The fourth-order valence-corrected chi connectivity index (χ4v) is 3.02. The minimum absolute atomic E-state index is 0.0755. The van der Waals surface area contributed by atoms with Gasteiger partial charge >= 0.3 is 0 Å². The highest BCUT2D eigenvalue weighted by molar-refractivity contribution is 9.10. The Bertz CT molecular complexity index is 833. The van der Waals surface area contributed by atoms with E-state index in [1.54, 1.807) is 0 Å². The lowest BCUT2D eigenvalue weighted by Crippen LogP contribution is -2.14. The second kappa shape index (κ2) is 6.50. The molecule has 0 atom stereocenters. The quantitative estimate of drug-likeness (QED) is 0.707. The number of hydrogen-bond donors (Lipinski definition) is 1. The molecule has 0 saturated heterocycles. The number of halogens is 1. The highest BCUT2D eigenvalue weighted by atomic mass is 79.9. The number of aryl methyl sites for hydroxylation is 1. The molecule has 1 N–H and O–H groups in total. The molecule has 0 saturated carbocycles. The molecule has 2 heterocycles. The predicted octanol–water partition coefficient (Wildman–Crippen LogP) is 3.53. The van der Waals surface area contributed by atoms with Gasteiger partial charge < -0.3 is 5.32 Å². The number of nitrogens with one attached hydrogen (secondary N) is 1. The number of benzene rings is 1. The molecule has 0 unspecified atom stereocenters. The zero-order valence-corrected chi connectivity index (χ0v) is 14.2. The van der Waals surface area contributed by atoms with Crippen molar-refractivity contribution >= 4 is 44.9 Å². The van der Waals surface area contributed by atoms with Gasteiger partial charge in [-0.2, -0.15) is 0 Å². The number of nitrogens with zero attached hydrogens (tertiary/aromatic N) is 3. The van der Waals surface area contributed by atoms with Gasteiger partial charge in [0.15, 0.2) is 10.8 Å². The Balaban J connectivity index is 1.63. The summed E-state index contributed by atoms with van der Waals surface area (Å²) >= 11 is 4.81. The number of thioether (sulfide) groups is 1. The minimum atomic E-state index is -0.0755. The molecule has 1 amide bonds. The van der Waals surface area contributed by atoms with Gasteiger partial charge in [-0.1, -0.05) is 39.8 Å². The second-order valence-corrected chi connectivity index (χ2v) is 6.51. The van der Waals surface area contributed by atoms with Crippen molar-refractivity contribution in [2.45, 2.75) is 12.1 Å². The summed E-state index contributed by atoms with van der Waals surface area (Å²) in [5.74, 6) is 0.203. The van der Waals surface area contributed by atoms with Gasteiger partial charge in [0.25, 0.3) is 0 Å². The number of aromatic nitrogens is 3. The summed E-state index contributed by atoms with van der Waals surface area (Å²) in [4.78, 5) is 12.0. The van der Waals surface area contributed by atoms with Gasteiger partial charge in [-0.05, 0) is 36.8 Å². The van der Waals surface area contributed by atoms with Gasteiger partial charge in [0.2, 0.25) is 5.91 Å². The lowest BCUT2D eigenvalue weighted by molar-refractivity contribution is -0.113. The molecule has 22 heavy (non-hydrogen) atoms. The van der Waals surface area contributed by atoms with Crippen LogP contribution in [0.1, 0.15) is 5.56 Å². The number of carbonyl (C=O) groups is 1. The number of pyridine rings is 1. The maximum absolute atomic E-state index is 12.0. The monoisotopic (exact) mass is 376 g/mol. The molecule has 0 spiro atoms. The Labute approximate surface area is 140 Å². The standard InChI is InChI=1S/C15H13BrN4OS/c1-10-5-6-11(8-12(10)16)17-14(21)9-22-15-19-18-13-4-2-3-7-20(13)15/h2-8H,9H2,1H3,(H,17,21). The predicted molar refractivity (Wildman–Crippen MR) is 91.2 cm³/mol. The average Bonchev–Trinajstić information content (AvgIpc) is 2.92. The maximum Gasteiger partial charge on any atom is 0.234 e. The third-order valence-electron chi connectivity index (χ3n) is 3.07. The SMILES string of the molecule is Cc1ccc(NC(=O)CSc2nnc3ccccn23)cc1Br. The Morgan fingerprint density at radius 1 is 1.32 bits per heavy atom. The first-order valence-electron chi connectivity index (χ1n) is 6.62. The van der Waals surface area contributed by atoms with Crippen LogP contribution in [0.25, 0.3) is 5.65 Å². The fourth-order valence-electron chi connectivity index (χ4n) is 1.92. The van der Waals surface area contributed by atoms with Crippen LogP contribution in [0.2, 0.25) is 0 Å². The minimum Gasteiger partial charge on any atom is -0.325 e. The number of amides is 1. The van der Waals surface area contributed by atoms with Crippen LogP contribution in [-0.2, 0) is 4.79 Å². The fraction of sp³-hybridized carbons (Fsp3) is 0.133. The van der Waals surface area contributed by atoms with Crippen molar-refractivity contribution in [3.05, 3.63) is 52.6 Å². The van der Waals surface area contributed by atoms with E-state index in [0.717, 1.165) is 21.4 Å². The van der Waals surface area contributed by atoms with Gasteiger partial charge in [0.1, 0.15) is 0 Å². The summed E-state index contributed by atoms with van der Waals surface area (Å²) in [6, 6.07) is 11.4. The zero-order valence-electron chi connectivity index (χ0n) is 11.8. The summed E-state index contributed by atoms with van der Waals surface area (Å²) in [6.07, 6.45) is 1.88. The molecule has 112 valence electrons. The maximum atomic E-state index is 12.0. The molecule has 0 radical (unpaired) electrons. The van der Waals surface area contributed by atoms with E-state index in [0.29, 0.717) is 5.16 Å². The molecule has 3 rings (SSSR count). The van der Waals surface area contributed by atoms with E-state index < -0.39 is 0 Å². The summed E-state index contributed by atoms with van der Waals surface area (Å²) in [5.41, 5.74) is 2.67. The third kappa shape index (κ3) is 3.31. The van der Waals surface area contributed by atoms with Gasteiger partial charge in [-0.25, -0.2) is 0 Å². The average molecular weight is 377 g/mol. The Kier molecular flexibility index (Phi) is 4.44. The van der Waals surface area contributed by atoms with Crippen LogP contribution in [0.4, 0.5) is 5.69 Å². The van der Waals surface area contributed by atoms with Crippen molar-refractivity contribution in [1.29, 1.82) is 0 Å². The number of carbonyl (C=O) groups excluding carboxylic acids is 1. The Hall–Kier alpha value is -1.86.